The summed E-state index contributed by atoms with van der Waals surface area (Å²) in [6.07, 6.45) is 2.51. The lowest BCUT2D eigenvalue weighted by atomic mass is 9.80. The minimum atomic E-state index is -0.881. The molecule has 0 bridgehead atoms. The lowest BCUT2D eigenvalue weighted by Crippen LogP contribution is -2.27. The van der Waals surface area contributed by atoms with Gasteiger partial charge in [0.2, 0.25) is 0 Å². The largest absolute Gasteiger partial charge is 0.469 e. The van der Waals surface area contributed by atoms with Gasteiger partial charge in [0.15, 0.2) is 5.78 Å². The van der Waals surface area contributed by atoms with Gasteiger partial charge in [-0.2, -0.15) is 0 Å². The van der Waals surface area contributed by atoms with Crippen molar-refractivity contribution in [3.63, 3.8) is 0 Å². The molecule has 0 unspecified atom stereocenters. The summed E-state index contributed by atoms with van der Waals surface area (Å²) in [6.45, 7) is -0.881. The maximum atomic E-state index is 12.1. The van der Waals surface area contributed by atoms with Gasteiger partial charge < -0.3 is 4.74 Å². The molecule has 1 fully saturated rings. The third-order valence-electron chi connectivity index (χ3n) is 2.85. The van der Waals surface area contributed by atoms with E-state index in [1.54, 1.807) is 0 Å². The zero-order valence-electron chi connectivity index (χ0n) is 8.29. The van der Waals surface area contributed by atoms with Crippen LogP contribution in [-0.4, -0.2) is 25.5 Å². The minimum absolute atomic E-state index is 0.0938. The maximum Gasteiger partial charge on any atom is 0.308 e. The van der Waals surface area contributed by atoms with Crippen LogP contribution in [0.2, 0.25) is 0 Å². The van der Waals surface area contributed by atoms with Crippen LogP contribution in [0.5, 0.6) is 0 Å². The average molecular weight is 202 g/mol. The lowest BCUT2D eigenvalue weighted by Gasteiger charge is -2.25. The van der Waals surface area contributed by atoms with E-state index in [9.17, 15) is 14.0 Å². The van der Waals surface area contributed by atoms with E-state index in [-0.39, 0.29) is 23.6 Å². The topological polar surface area (TPSA) is 43.4 Å². The molecule has 0 saturated heterocycles. The summed E-state index contributed by atoms with van der Waals surface area (Å²) >= 11 is 0. The molecule has 0 amide bonds. The molecule has 3 nitrogen and oxygen atoms in total. The van der Waals surface area contributed by atoms with E-state index < -0.39 is 6.67 Å². The van der Waals surface area contributed by atoms with Crippen molar-refractivity contribution in [1.82, 2.24) is 0 Å². The molecule has 80 valence electrons. The molecule has 0 aromatic rings. The summed E-state index contributed by atoms with van der Waals surface area (Å²) in [7, 11) is 1.36. The summed E-state index contributed by atoms with van der Waals surface area (Å²) in [5.74, 6) is -0.811. The molecule has 0 spiro atoms. The Balaban J connectivity index is 2.38. The Bertz CT molecular complexity index is 195. The van der Waals surface area contributed by atoms with Crippen LogP contribution >= 0.6 is 0 Å². The van der Waals surface area contributed by atoms with Crippen LogP contribution in [0.3, 0.4) is 0 Å². The molecule has 0 aromatic heterocycles. The van der Waals surface area contributed by atoms with Gasteiger partial charge in [-0.3, -0.25) is 9.59 Å². The monoisotopic (exact) mass is 202 g/mol. The molecule has 1 saturated carbocycles. The molecule has 0 radical (unpaired) electrons. The summed E-state index contributed by atoms with van der Waals surface area (Å²) < 4.78 is 16.7. The SMILES string of the molecule is COC(=O)C1CCC(C(=O)CF)CC1. The van der Waals surface area contributed by atoms with E-state index in [1.165, 1.54) is 7.11 Å². The van der Waals surface area contributed by atoms with E-state index >= 15 is 0 Å². The summed E-state index contributed by atoms with van der Waals surface area (Å²) in [5, 5.41) is 0. The van der Waals surface area contributed by atoms with Gasteiger partial charge >= 0.3 is 5.97 Å². The number of esters is 1. The molecule has 1 aliphatic carbocycles. The molecule has 0 aromatic carbocycles. The van der Waals surface area contributed by atoms with Gasteiger partial charge in [-0.15, -0.1) is 0 Å². The van der Waals surface area contributed by atoms with Crippen LogP contribution in [-0.2, 0) is 14.3 Å². The van der Waals surface area contributed by atoms with Gasteiger partial charge in [-0.1, -0.05) is 0 Å². The molecule has 0 atom stereocenters. The number of carbonyl (C=O) groups excluding carboxylic acids is 2. The number of hydrogen-bond acceptors (Lipinski definition) is 3. The number of methoxy groups -OCH3 is 1. The first-order chi connectivity index (χ1) is 6.69. The quantitative estimate of drug-likeness (QED) is 0.651. The van der Waals surface area contributed by atoms with Gasteiger partial charge in [0.1, 0.15) is 6.67 Å². The predicted molar refractivity (Wildman–Crippen MR) is 48.4 cm³/mol. The smallest absolute Gasteiger partial charge is 0.308 e. The normalized spacial score (nSPS) is 27.0. The molecule has 0 aliphatic heterocycles. The molecule has 1 aliphatic rings. The van der Waals surface area contributed by atoms with Crippen LogP contribution in [0.15, 0.2) is 0 Å². The van der Waals surface area contributed by atoms with Crippen molar-refractivity contribution in [3.8, 4) is 0 Å². The zero-order valence-corrected chi connectivity index (χ0v) is 8.29. The fourth-order valence-corrected chi connectivity index (χ4v) is 1.93. The number of Topliss-reactive ketones (excluding diaryl/α,β-unsaturated/α-hetero) is 1. The first kappa shape index (κ1) is 11.1. The Morgan fingerprint density at radius 3 is 2.14 bits per heavy atom. The maximum absolute atomic E-state index is 12.1. The molecule has 0 heterocycles. The Hall–Kier alpha value is -0.930. The van der Waals surface area contributed by atoms with Crippen LogP contribution in [0.1, 0.15) is 25.7 Å². The van der Waals surface area contributed by atoms with Gasteiger partial charge in [0.05, 0.1) is 13.0 Å². The van der Waals surface area contributed by atoms with Gasteiger partial charge in [-0.05, 0) is 25.7 Å². The summed E-state index contributed by atoms with van der Waals surface area (Å²) in [6, 6.07) is 0. The third-order valence-corrected chi connectivity index (χ3v) is 2.85. The van der Waals surface area contributed by atoms with Crippen molar-refractivity contribution in [3.05, 3.63) is 0 Å². The highest BCUT2D eigenvalue weighted by Gasteiger charge is 2.29. The fraction of sp³-hybridized carbons (Fsp3) is 0.800. The minimum Gasteiger partial charge on any atom is -0.469 e. The summed E-state index contributed by atoms with van der Waals surface area (Å²) in [4.78, 5) is 22.2. The molecule has 1 rings (SSSR count). The molecule has 4 heteroatoms. The molecule has 0 N–H and O–H groups in total. The Morgan fingerprint density at radius 2 is 1.71 bits per heavy atom. The zero-order chi connectivity index (χ0) is 10.6. The number of ether oxygens (including phenoxy) is 1. The number of halogens is 1. The van der Waals surface area contributed by atoms with E-state index in [1.807, 2.05) is 0 Å². The third kappa shape index (κ3) is 2.53. The first-order valence-corrected chi connectivity index (χ1v) is 4.85. The van der Waals surface area contributed by atoms with Crippen LogP contribution < -0.4 is 0 Å². The molecule has 14 heavy (non-hydrogen) atoms. The van der Waals surface area contributed by atoms with Gasteiger partial charge in [-0.25, -0.2) is 4.39 Å². The highest BCUT2D eigenvalue weighted by Crippen LogP contribution is 2.30. The average Bonchev–Trinajstić information content (AvgIpc) is 2.27. The van der Waals surface area contributed by atoms with Gasteiger partial charge in [0.25, 0.3) is 0 Å². The molecular formula is C10H15FO3. The summed E-state index contributed by atoms with van der Waals surface area (Å²) in [5.41, 5.74) is 0. The highest BCUT2D eigenvalue weighted by atomic mass is 19.1. The standard InChI is InChI=1S/C10H15FO3/c1-14-10(13)8-4-2-7(3-5-8)9(12)6-11/h7-8H,2-6H2,1H3. The van der Waals surface area contributed by atoms with Crippen molar-refractivity contribution in [2.24, 2.45) is 11.8 Å². The predicted octanol–water partition coefficient (Wildman–Crippen LogP) is 1.50. The van der Waals surface area contributed by atoms with Gasteiger partial charge in [0, 0.05) is 5.92 Å². The number of hydrogen-bond donors (Lipinski definition) is 0. The highest BCUT2D eigenvalue weighted by molar-refractivity contribution is 5.82. The number of rotatable bonds is 3. The first-order valence-electron chi connectivity index (χ1n) is 4.85. The Kier molecular flexibility index (Phi) is 4.04. The van der Waals surface area contributed by atoms with E-state index in [0.717, 1.165) is 0 Å². The Labute approximate surface area is 82.6 Å². The van der Waals surface area contributed by atoms with E-state index in [4.69, 9.17) is 0 Å². The van der Waals surface area contributed by atoms with Crippen molar-refractivity contribution in [2.45, 2.75) is 25.7 Å². The van der Waals surface area contributed by atoms with Crippen LogP contribution in [0.25, 0.3) is 0 Å². The molecular weight excluding hydrogens is 187 g/mol. The van der Waals surface area contributed by atoms with Crippen molar-refractivity contribution in [1.29, 1.82) is 0 Å². The second-order valence-corrected chi connectivity index (χ2v) is 3.67. The number of alkyl halides is 1. The van der Waals surface area contributed by atoms with E-state index in [0.29, 0.717) is 25.7 Å². The number of carbonyl (C=O) groups is 2. The van der Waals surface area contributed by atoms with Crippen LogP contribution in [0, 0.1) is 11.8 Å². The fourth-order valence-electron chi connectivity index (χ4n) is 1.93. The van der Waals surface area contributed by atoms with Crippen molar-refractivity contribution < 1.29 is 18.7 Å². The second-order valence-electron chi connectivity index (χ2n) is 3.67. The van der Waals surface area contributed by atoms with Crippen LogP contribution in [0.4, 0.5) is 4.39 Å². The second kappa shape index (κ2) is 5.08. The van der Waals surface area contributed by atoms with Crippen molar-refractivity contribution >= 4 is 11.8 Å². The Morgan fingerprint density at radius 1 is 1.21 bits per heavy atom. The van der Waals surface area contributed by atoms with E-state index in [2.05, 4.69) is 4.74 Å². The lowest BCUT2D eigenvalue weighted by molar-refractivity contribution is -0.147. The van der Waals surface area contributed by atoms with Crippen molar-refractivity contribution in [2.75, 3.05) is 13.8 Å². The number of ketones is 1.